The third-order valence-electron chi connectivity index (χ3n) is 7.19. The second kappa shape index (κ2) is 10.4. The van der Waals surface area contributed by atoms with E-state index in [-0.39, 0.29) is 22.2 Å². The molecule has 6 rings (SSSR count). The van der Waals surface area contributed by atoms with Crippen molar-refractivity contribution < 1.29 is 22.3 Å². The Labute approximate surface area is 226 Å². The van der Waals surface area contributed by atoms with E-state index in [0.717, 1.165) is 12.8 Å². The summed E-state index contributed by atoms with van der Waals surface area (Å²) in [6, 6.07) is 18.7. The first-order chi connectivity index (χ1) is 18.9. The third-order valence-corrected chi connectivity index (χ3v) is 8.61. The van der Waals surface area contributed by atoms with Crippen LogP contribution in [0.4, 0.5) is 21.5 Å². The molecule has 3 N–H and O–H groups in total. The molecule has 202 valence electrons. The number of fused-ring (bicyclic) bond motifs is 1. The molecule has 3 aliphatic rings. The molecule has 39 heavy (non-hydrogen) atoms. The number of anilines is 3. The molecule has 2 heterocycles. The largest absolute Gasteiger partial charge is 0.378 e. The summed E-state index contributed by atoms with van der Waals surface area (Å²) in [4.78, 5) is 15.3. The van der Waals surface area contributed by atoms with E-state index in [4.69, 9.17) is 4.74 Å². The highest BCUT2D eigenvalue weighted by Crippen LogP contribution is 2.39. The van der Waals surface area contributed by atoms with E-state index >= 15 is 4.39 Å². The van der Waals surface area contributed by atoms with Gasteiger partial charge in [0.05, 0.1) is 35.1 Å². The molecule has 2 fully saturated rings. The molecule has 0 atom stereocenters. The SMILES string of the molecule is O=C1Nc2ccc(S(=O)(=O)NCC3CC3)cc2/C1=C(/Nc1ccc(N2CCOCC2)c(F)c1)c1ccccc1. The normalized spacial score (nSPS) is 18.5. The van der Waals surface area contributed by atoms with Crippen LogP contribution < -0.4 is 20.3 Å². The van der Waals surface area contributed by atoms with E-state index in [1.54, 1.807) is 18.2 Å². The molecule has 10 heteroatoms. The summed E-state index contributed by atoms with van der Waals surface area (Å²) in [5, 5.41) is 6.10. The van der Waals surface area contributed by atoms with Gasteiger partial charge in [-0.1, -0.05) is 30.3 Å². The molecule has 0 radical (unpaired) electrons. The number of benzene rings is 3. The Balaban J connectivity index is 1.39. The van der Waals surface area contributed by atoms with Crippen molar-refractivity contribution in [2.45, 2.75) is 17.7 Å². The van der Waals surface area contributed by atoms with E-state index < -0.39 is 10.0 Å². The number of rotatable bonds is 8. The Kier molecular flexibility index (Phi) is 6.84. The quantitative estimate of drug-likeness (QED) is 0.364. The summed E-state index contributed by atoms with van der Waals surface area (Å²) < 4.78 is 49.2. The van der Waals surface area contributed by atoms with Crippen molar-refractivity contribution in [3.8, 4) is 0 Å². The number of nitrogens with zero attached hydrogens (tertiary/aromatic N) is 1. The van der Waals surface area contributed by atoms with Gasteiger partial charge in [-0.2, -0.15) is 0 Å². The van der Waals surface area contributed by atoms with Crippen molar-refractivity contribution in [3.05, 3.63) is 83.7 Å². The van der Waals surface area contributed by atoms with Crippen LogP contribution in [-0.4, -0.2) is 47.2 Å². The smallest absolute Gasteiger partial charge is 0.258 e. The average Bonchev–Trinajstić information content (AvgIpc) is 3.72. The van der Waals surface area contributed by atoms with Gasteiger partial charge in [0.15, 0.2) is 0 Å². The summed E-state index contributed by atoms with van der Waals surface area (Å²) in [5.74, 6) is -0.371. The molecule has 0 aromatic heterocycles. The van der Waals surface area contributed by atoms with E-state index in [1.807, 2.05) is 35.2 Å². The van der Waals surface area contributed by atoms with Crippen molar-refractivity contribution in [2.75, 3.05) is 48.4 Å². The lowest BCUT2D eigenvalue weighted by Gasteiger charge is -2.29. The van der Waals surface area contributed by atoms with Crippen LogP contribution in [0.2, 0.25) is 0 Å². The first-order valence-electron chi connectivity index (χ1n) is 13.0. The summed E-state index contributed by atoms with van der Waals surface area (Å²) in [5.41, 5.74) is 3.38. The number of sulfonamides is 1. The Morgan fingerprint density at radius 2 is 1.79 bits per heavy atom. The molecule has 0 unspecified atom stereocenters. The average molecular weight is 549 g/mol. The molecular weight excluding hydrogens is 519 g/mol. The Hall–Kier alpha value is -3.73. The van der Waals surface area contributed by atoms with E-state index in [2.05, 4.69) is 15.4 Å². The number of hydrogen-bond donors (Lipinski definition) is 3. The number of halogens is 1. The maximum atomic E-state index is 15.2. The van der Waals surface area contributed by atoms with Crippen LogP contribution >= 0.6 is 0 Å². The molecule has 3 aromatic rings. The van der Waals surface area contributed by atoms with Crippen LogP contribution in [-0.2, 0) is 19.6 Å². The number of hydrogen-bond acceptors (Lipinski definition) is 6. The van der Waals surface area contributed by atoms with Gasteiger partial charge in [-0.15, -0.1) is 0 Å². The van der Waals surface area contributed by atoms with Crippen LogP contribution in [0, 0.1) is 11.7 Å². The lowest BCUT2D eigenvalue weighted by Crippen LogP contribution is -2.36. The molecule has 0 spiro atoms. The zero-order chi connectivity index (χ0) is 27.0. The molecule has 1 amide bonds. The van der Waals surface area contributed by atoms with Gasteiger partial charge in [0.25, 0.3) is 5.91 Å². The minimum Gasteiger partial charge on any atom is -0.378 e. The molecule has 8 nitrogen and oxygen atoms in total. The minimum absolute atomic E-state index is 0.0872. The predicted octanol–water partition coefficient (Wildman–Crippen LogP) is 4.28. The minimum atomic E-state index is -3.74. The lowest BCUT2D eigenvalue weighted by atomic mass is 10.00. The van der Waals surface area contributed by atoms with Gasteiger partial charge in [0.1, 0.15) is 5.82 Å². The fourth-order valence-electron chi connectivity index (χ4n) is 4.87. The van der Waals surface area contributed by atoms with Crippen molar-refractivity contribution >= 4 is 44.3 Å². The first kappa shape index (κ1) is 25.5. The lowest BCUT2D eigenvalue weighted by molar-refractivity contribution is -0.110. The van der Waals surface area contributed by atoms with Gasteiger partial charge in [-0.05, 0) is 60.7 Å². The van der Waals surface area contributed by atoms with E-state index in [1.165, 1.54) is 18.2 Å². The fraction of sp³-hybridized carbons (Fsp3) is 0.276. The number of carbonyl (C=O) groups excluding carboxylic acids is 1. The standard InChI is InChI=1S/C29H29FN4O4S/c30-24-16-21(8-11-26(24)34-12-14-38-15-13-34)32-28(20-4-2-1-3-5-20)27-23-17-22(9-10-25(23)33-29(27)35)39(36,37)31-18-19-6-7-19/h1-5,8-11,16-17,19,31-32H,6-7,12-15,18H2,(H,33,35)/b28-27-. The van der Waals surface area contributed by atoms with Crippen molar-refractivity contribution in [3.63, 3.8) is 0 Å². The topological polar surface area (TPSA) is 99.8 Å². The number of carbonyl (C=O) groups is 1. The van der Waals surface area contributed by atoms with Crippen molar-refractivity contribution in [2.24, 2.45) is 5.92 Å². The molecule has 1 saturated heterocycles. The monoisotopic (exact) mass is 548 g/mol. The molecule has 3 aromatic carbocycles. The molecule has 2 aliphatic heterocycles. The van der Waals surface area contributed by atoms with Gasteiger partial charge in [-0.25, -0.2) is 17.5 Å². The maximum Gasteiger partial charge on any atom is 0.258 e. The number of ether oxygens (including phenoxy) is 1. The molecule has 1 aliphatic carbocycles. The number of morpholine rings is 1. The second-order valence-corrected chi connectivity index (χ2v) is 11.7. The van der Waals surface area contributed by atoms with Crippen LogP contribution in [0.15, 0.2) is 71.6 Å². The number of amides is 1. The van der Waals surface area contributed by atoms with Gasteiger partial charge < -0.3 is 20.3 Å². The maximum absolute atomic E-state index is 15.2. The zero-order valence-electron chi connectivity index (χ0n) is 21.2. The van der Waals surface area contributed by atoms with Crippen molar-refractivity contribution in [1.82, 2.24) is 4.72 Å². The van der Waals surface area contributed by atoms with Gasteiger partial charge in [0, 0.05) is 36.6 Å². The van der Waals surface area contributed by atoms with E-state index in [9.17, 15) is 13.2 Å². The van der Waals surface area contributed by atoms with Gasteiger partial charge >= 0.3 is 0 Å². The fourth-order valence-corrected chi connectivity index (χ4v) is 6.01. The number of nitrogens with one attached hydrogen (secondary N) is 3. The molecule has 1 saturated carbocycles. The van der Waals surface area contributed by atoms with Crippen LogP contribution in [0.3, 0.4) is 0 Å². The van der Waals surface area contributed by atoms with Crippen LogP contribution in [0.25, 0.3) is 11.3 Å². The summed E-state index contributed by atoms with van der Waals surface area (Å²) in [6.07, 6.45) is 2.05. The Morgan fingerprint density at radius 1 is 1.03 bits per heavy atom. The van der Waals surface area contributed by atoms with Crippen LogP contribution in [0.5, 0.6) is 0 Å². The molecular formula is C29H29FN4O4S. The second-order valence-electron chi connectivity index (χ2n) is 9.96. The highest BCUT2D eigenvalue weighted by molar-refractivity contribution is 7.89. The van der Waals surface area contributed by atoms with Crippen LogP contribution in [0.1, 0.15) is 24.0 Å². The Bertz CT molecular complexity index is 1550. The Morgan fingerprint density at radius 3 is 2.51 bits per heavy atom. The third kappa shape index (κ3) is 5.40. The highest BCUT2D eigenvalue weighted by atomic mass is 32.2. The highest BCUT2D eigenvalue weighted by Gasteiger charge is 2.31. The van der Waals surface area contributed by atoms with Gasteiger partial charge in [-0.3, -0.25) is 4.79 Å². The van der Waals surface area contributed by atoms with E-state index in [0.29, 0.717) is 72.7 Å². The summed E-state index contributed by atoms with van der Waals surface area (Å²) in [6.45, 7) is 2.72. The van der Waals surface area contributed by atoms with Gasteiger partial charge in [0.2, 0.25) is 10.0 Å². The zero-order valence-corrected chi connectivity index (χ0v) is 22.1. The summed E-state index contributed by atoms with van der Waals surface area (Å²) >= 11 is 0. The molecule has 0 bridgehead atoms. The predicted molar refractivity (Wildman–Crippen MR) is 149 cm³/mol. The first-order valence-corrected chi connectivity index (χ1v) is 14.5. The summed E-state index contributed by atoms with van der Waals surface area (Å²) in [7, 11) is -3.74. The van der Waals surface area contributed by atoms with Crippen molar-refractivity contribution in [1.29, 1.82) is 0 Å².